The van der Waals surface area contributed by atoms with Crippen LogP contribution in [0.3, 0.4) is 0 Å². The molecule has 2 aromatic carbocycles. The van der Waals surface area contributed by atoms with Crippen LogP contribution in [0.5, 0.6) is 0 Å². The summed E-state index contributed by atoms with van der Waals surface area (Å²) in [6.45, 7) is 7.18. The molecule has 0 spiro atoms. The minimum Gasteiger partial charge on any atom is -0.322 e. The fourth-order valence-electron chi connectivity index (χ4n) is 3.11. The monoisotopic (exact) mass is 485 g/mol. The van der Waals surface area contributed by atoms with Crippen LogP contribution in [-0.4, -0.2) is 45.9 Å². The van der Waals surface area contributed by atoms with E-state index in [1.165, 1.54) is 4.31 Å². The van der Waals surface area contributed by atoms with Crippen LogP contribution in [-0.2, 0) is 20.0 Å². The smallest absolute Gasteiger partial charge is 0.258 e. The Hall–Kier alpha value is -2.50. The van der Waals surface area contributed by atoms with E-state index in [0.717, 1.165) is 18.2 Å². The van der Waals surface area contributed by atoms with Crippen molar-refractivity contribution in [1.82, 2.24) is 4.31 Å². The van der Waals surface area contributed by atoms with E-state index in [1.807, 2.05) is 0 Å². The first-order valence-corrected chi connectivity index (χ1v) is 13.3. The molecule has 0 aliphatic heterocycles. The van der Waals surface area contributed by atoms with Gasteiger partial charge in [-0.1, -0.05) is 26.8 Å². The van der Waals surface area contributed by atoms with Gasteiger partial charge in [0.1, 0.15) is 5.82 Å². The number of carbonyl (C=O) groups is 1. The summed E-state index contributed by atoms with van der Waals surface area (Å²) in [4.78, 5) is 12.6. The minimum absolute atomic E-state index is 0.0535. The molecule has 0 saturated carbocycles. The first-order chi connectivity index (χ1) is 15.0. The molecule has 8 nitrogen and oxygen atoms in total. The zero-order valence-electron chi connectivity index (χ0n) is 18.5. The average molecular weight is 486 g/mol. The van der Waals surface area contributed by atoms with Crippen LogP contribution in [0.15, 0.2) is 41.3 Å². The van der Waals surface area contributed by atoms with Gasteiger partial charge in [0.25, 0.3) is 5.91 Å². The van der Waals surface area contributed by atoms with Gasteiger partial charge in [0, 0.05) is 18.8 Å². The number of carbonyl (C=O) groups excluding carboxylic acids is 1. The van der Waals surface area contributed by atoms with Gasteiger partial charge in [0.2, 0.25) is 20.0 Å². The molecule has 2 aromatic rings. The Kier molecular flexibility index (Phi) is 8.38. The molecule has 0 bridgehead atoms. The highest BCUT2D eigenvalue weighted by Crippen LogP contribution is 2.26. The zero-order valence-corrected chi connectivity index (χ0v) is 20.1. The average Bonchev–Trinajstić information content (AvgIpc) is 2.71. The van der Waals surface area contributed by atoms with Gasteiger partial charge >= 0.3 is 0 Å². The van der Waals surface area contributed by atoms with Crippen LogP contribution in [0.4, 0.5) is 15.8 Å². The van der Waals surface area contributed by atoms with E-state index in [9.17, 15) is 26.0 Å². The van der Waals surface area contributed by atoms with Crippen molar-refractivity contribution in [1.29, 1.82) is 0 Å². The summed E-state index contributed by atoms with van der Waals surface area (Å²) >= 11 is 0. The standard InChI is InChI=1S/C21H28FN3O5S2/c1-5-13-31(27,28)24-20-10-8-9-19(15(20)4)23-21(26)17-14-16(11-12-18(17)22)32(29,30)25(6-2)7-3/h8-12,14,24H,5-7,13H2,1-4H3,(H,23,26). The van der Waals surface area contributed by atoms with Gasteiger partial charge in [-0.3, -0.25) is 9.52 Å². The minimum atomic E-state index is -3.88. The second-order valence-corrected chi connectivity index (χ2v) is 10.9. The summed E-state index contributed by atoms with van der Waals surface area (Å²) in [6, 6.07) is 7.70. The number of nitrogens with zero attached hydrogens (tertiary/aromatic N) is 1. The van der Waals surface area contributed by atoms with E-state index in [2.05, 4.69) is 10.0 Å². The number of benzene rings is 2. The fourth-order valence-corrected chi connectivity index (χ4v) is 5.79. The molecule has 32 heavy (non-hydrogen) atoms. The van der Waals surface area contributed by atoms with Crippen LogP contribution in [0.2, 0.25) is 0 Å². The maximum absolute atomic E-state index is 14.4. The Balaban J connectivity index is 2.37. The third-order valence-corrected chi connectivity index (χ3v) is 8.37. The number of rotatable bonds is 10. The quantitative estimate of drug-likeness (QED) is 0.534. The third-order valence-electron chi connectivity index (χ3n) is 4.85. The molecule has 2 N–H and O–H groups in total. The van der Waals surface area contributed by atoms with E-state index in [-0.39, 0.29) is 35.1 Å². The normalized spacial score (nSPS) is 12.1. The molecule has 176 valence electrons. The molecule has 0 unspecified atom stereocenters. The summed E-state index contributed by atoms with van der Waals surface area (Å²) < 4.78 is 67.7. The summed E-state index contributed by atoms with van der Waals surface area (Å²) in [5.74, 6) is -1.78. The van der Waals surface area contributed by atoms with E-state index >= 15 is 0 Å². The zero-order chi connectivity index (χ0) is 24.1. The number of sulfonamides is 2. The van der Waals surface area contributed by atoms with Gasteiger partial charge in [-0.15, -0.1) is 0 Å². The predicted molar refractivity (Wildman–Crippen MR) is 123 cm³/mol. The van der Waals surface area contributed by atoms with E-state index in [4.69, 9.17) is 0 Å². The number of amides is 1. The van der Waals surface area contributed by atoms with E-state index in [1.54, 1.807) is 45.9 Å². The molecule has 0 atom stereocenters. The van der Waals surface area contributed by atoms with Crippen molar-refractivity contribution in [3.05, 3.63) is 53.3 Å². The number of halogens is 1. The van der Waals surface area contributed by atoms with Crippen molar-refractivity contribution in [3.8, 4) is 0 Å². The van der Waals surface area contributed by atoms with Crippen LogP contribution >= 0.6 is 0 Å². The Bertz CT molecular complexity index is 1190. The highest BCUT2D eigenvalue weighted by atomic mass is 32.2. The lowest BCUT2D eigenvalue weighted by atomic mass is 10.1. The molecule has 1 amide bonds. The van der Waals surface area contributed by atoms with Crippen molar-refractivity contribution in [3.63, 3.8) is 0 Å². The van der Waals surface area contributed by atoms with Gasteiger partial charge in [-0.25, -0.2) is 21.2 Å². The first kappa shape index (κ1) is 25.8. The number of anilines is 2. The van der Waals surface area contributed by atoms with Gasteiger partial charge in [-0.05, 0) is 49.2 Å². The first-order valence-electron chi connectivity index (χ1n) is 10.2. The Morgan fingerprint density at radius 2 is 1.62 bits per heavy atom. The summed E-state index contributed by atoms with van der Waals surface area (Å²) in [5, 5.41) is 2.54. The lowest BCUT2D eigenvalue weighted by molar-refractivity contribution is 0.102. The maximum Gasteiger partial charge on any atom is 0.258 e. The number of hydrogen-bond acceptors (Lipinski definition) is 5. The Morgan fingerprint density at radius 1 is 1.00 bits per heavy atom. The van der Waals surface area contributed by atoms with Crippen LogP contribution in [0.25, 0.3) is 0 Å². The van der Waals surface area contributed by atoms with E-state index in [0.29, 0.717) is 12.0 Å². The lowest BCUT2D eigenvalue weighted by Gasteiger charge is -2.19. The molecule has 0 aliphatic carbocycles. The molecule has 0 radical (unpaired) electrons. The van der Waals surface area contributed by atoms with Crippen molar-refractivity contribution in [2.24, 2.45) is 0 Å². The van der Waals surface area contributed by atoms with Gasteiger partial charge in [-0.2, -0.15) is 4.31 Å². The van der Waals surface area contributed by atoms with Crippen molar-refractivity contribution in [2.45, 2.75) is 39.0 Å². The maximum atomic E-state index is 14.4. The molecule has 0 fully saturated rings. The highest BCUT2D eigenvalue weighted by molar-refractivity contribution is 7.92. The number of hydrogen-bond donors (Lipinski definition) is 2. The van der Waals surface area contributed by atoms with Gasteiger partial charge in [0.05, 0.1) is 21.9 Å². The van der Waals surface area contributed by atoms with Gasteiger partial charge in [0.15, 0.2) is 0 Å². The van der Waals surface area contributed by atoms with E-state index < -0.39 is 37.3 Å². The molecule has 0 heterocycles. The molecular formula is C21H28FN3O5S2. The van der Waals surface area contributed by atoms with Crippen LogP contribution in [0.1, 0.15) is 43.1 Å². The summed E-state index contributed by atoms with van der Waals surface area (Å²) in [6.07, 6.45) is 0.441. The van der Waals surface area contributed by atoms with Crippen LogP contribution < -0.4 is 10.0 Å². The topological polar surface area (TPSA) is 113 Å². The fraction of sp³-hybridized carbons (Fsp3) is 0.381. The number of nitrogens with one attached hydrogen (secondary N) is 2. The SMILES string of the molecule is CCCS(=O)(=O)Nc1cccc(NC(=O)c2cc(S(=O)(=O)N(CC)CC)ccc2F)c1C. The van der Waals surface area contributed by atoms with Crippen molar-refractivity contribution in [2.75, 3.05) is 28.9 Å². The lowest BCUT2D eigenvalue weighted by Crippen LogP contribution is -2.31. The molecule has 2 rings (SSSR count). The predicted octanol–water partition coefficient (Wildman–Crippen LogP) is 3.57. The largest absolute Gasteiger partial charge is 0.322 e. The summed E-state index contributed by atoms with van der Waals surface area (Å²) in [7, 11) is -7.42. The van der Waals surface area contributed by atoms with Crippen molar-refractivity contribution >= 4 is 37.3 Å². The highest BCUT2D eigenvalue weighted by Gasteiger charge is 2.24. The van der Waals surface area contributed by atoms with Gasteiger partial charge < -0.3 is 5.32 Å². The summed E-state index contributed by atoms with van der Waals surface area (Å²) in [5.41, 5.74) is 0.556. The second kappa shape index (κ2) is 10.4. The Labute approximate surface area is 188 Å². The Morgan fingerprint density at radius 3 is 2.22 bits per heavy atom. The second-order valence-electron chi connectivity index (χ2n) is 7.08. The van der Waals surface area contributed by atoms with Crippen molar-refractivity contribution < 1.29 is 26.0 Å². The third kappa shape index (κ3) is 5.84. The van der Waals surface area contributed by atoms with Crippen LogP contribution in [0, 0.1) is 12.7 Å². The molecule has 0 aliphatic rings. The molecule has 0 aromatic heterocycles. The molecular weight excluding hydrogens is 457 g/mol. The molecule has 0 saturated heterocycles. The molecule has 11 heteroatoms.